The van der Waals surface area contributed by atoms with Gasteiger partial charge in [0.15, 0.2) is 5.78 Å². The first-order valence-electron chi connectivity index (χ1n) is 13.9. The number of benzene rings is 2. The van der Waals surface area contributed by atoms with E-state index in [1.54, 1.807) is 18.3 Å². The lowest BCUT2D eigenvalue weighted by atomic mass is 9.86. The molecule has 1 amide bonds. The van der Waals surface area contributed by atoms with Crippen LogP contribution in [-0.4, -0.2) is 60.2 Å². The van der Waals surface area contributed by atoms with Crippen molar-refractivity contribution < 1.29 is 23.1 Å². The van der Waals surface area contributed by atoms with Crippen LogP contribution in [0.1, 0.15) is 57.6 Å². The number of fused-ring (bicyclic) bond motifs is 1. The summed E-state index contributed by atoms with van der Waals surface area (Å²) >= 11 is 0. The number of aromatic nitrogens is 1. The zero-order valence-corrected chi connectivity index (χ0v) is 23.3. The third-order valence-electron chi connectivity index (χ3n) is 7.87. The lowest BCUT2D eigenvalue weighted by Gasteiger charge is -2.39. The van der Waals surface area contributed by atoms with E-state index in [9.17, 15) is 18.4 Å². The van der Waals surface area contributed by atoms with Gasteiger partial charge in [0.25, 0.3) is 0 Å². The van der Waals surface area contributed by atoms with Crippen LogP contribution in [0.4, 0.5) is 8.78 Å². The Bertz CT molecular complexity index is 1480. The normalized spacial score (nSPS) is 18.5. The first-order valence-corrected chi connectivity index (χ1v) is 13.9. The molecule has 2 atom stereocenters. The van der Waals surface area contributed by atoms with Crippen molar-refractivity contribution in [1.29, 1.82) is 0 Å². The number of aliphatic imine (C=N–C) groups is 1. The van der Waals surface area contributed by atoms with Gasteiger partial charge in [0.1, 0.15) is 18.2 Å². The molecule has 0 saturated carbocycles. The molecule has 214 valence electrons. The summed E-state index contributed by atoms with van der Waals surface area (Å²) in [4.78, 5) is 37.3. The molecule has 3 heterocycles. The summed E-state index contributed by atoms with van der Waals surface area (Å²) in [5, 5.41) is 2.62. The second-order valence-electron chi connectivity index (χ2n) is 10.6. The van der Waals surface area contributed by atoms with Gasteiger partial charge in [-0.1, -0.05) is 18.2 Å². The van der Waals surface area contributed by atoms with Gasteiger partial charge >= 0.3 is 0 Å². The molecular formula is C32H34F2N4O3. The number of Topliss-reactive ketones (excluding diaryl/α,β-unsaturated/α-hetero) is 1. The minimum Gasteiger partial charge on any atom is -0.496 e. The number of ether oxygens (including phenoxy) is 1. The quantitative estimate of drug-likeness (QED) is 0.359. The van der Waals surface area contributed by atoms with Gasteiger partial charge in [-0.05, 0) is 61.6 Å². The number of hydrogen-bond donors (Lipinski definition) is 1. The van der Waals surface area contributed by atoms with Crippen molar-refractivity contribution in [2.75, 3.05) is 26.9 Å². The molecule has 9 heteroatoms. The standard InChI is InChI=1S/C32H34F2N4O3/c1-20-14-23(10-12-35-20)31-25-16-22(7-8-24(25)17-37-31)29(39)15-21-6-9-28(32(40)36-13-11-33)38(18-21)19-26-27(34)4-3-5-30(26)41-2/h3-5,7-8,10,12,14,16,21,28H,6,9,11,13,15,17-19H2,1-2H3,(H,36,40)/t21-,28-/m0/s1. The number of alkyl halides is 1. The van der Waals surface area contributed by atoms with E-state index in [1.807, 2.05) is 42.2 Å². The number of carbonyl (C=O) groups excluding carboxylic acids is 2. The van der Waals surface area contributed by atoms with E-state index < -0.39 is 18.5 Å². The Morgan fingerprint density at radius 1 is 1.15 bits per heavy atom. The lowest BCUT2D eigenvalue weighted by molar-refractivity contribution is -0.128. The monoisotopic (exact) mass is 560 g/mol. The number of piperidine rings is 1. The number of nitrogens with one attached hydrogen (secondary N) is 1. The first-order chi connectivity index (χ1) is 19.9. The van der Waals surface area contributed by atoms with Gasteiger partial charge in [-0.25, -0.2) is 8.78 Å². The van der Waals surface area contributed by atoms with Crippen LogP contribution in [0, 0.1) is 18.7 Å². The van der Waals surface area contributed by atoms with E-state index in [2.05, 4.69) is 10.3 Å². The second kappa shape index (κ2) is 12.7. The van der Waals surface area contributed by atoms with Crippen molar-refractivity contribution in [3.8, 4) is 5.75 Å². The van der Waals surface area contributed by atoms with Gasteiger partial charge in [-0.2, -0.15) is 0 Å². The Morgan fingerprint density at radius 2 is 2.00 bits per heavy atom. The number of likely N-dealkylation sites (tertiary alicyclic amines) is 1. The van der Waals surface area contributed by atoms with Gasteiger partial charge in [0, 0.05) is 60.2 Å². The highest BCUT2D eigenvalue weighted by Gasteiger charge is 2.35. The fraction of sp³-hybridized carbons (Fsp3) is 0.375. The summed E-state index contributed by atoms with van der Waals surface area (Å²) in [6.45, 7) is 2.33. The van der Waals surface area contributed by atoms with Crippen LogP contribution in [0.3, 0.4) is 0 Å². The fourth-order valence-corrected chi connectivity index (χ4v) is 5.82. The van der Waals surface area contributed by atoms with Crippen LogP contribution in [0.5, 0.6) is 5.75 Å². The smallest absolute Gasteiger partial charge is 0.237 e. The Labute approximate surface area is 238 Å². The number of aryl methyl sites for hydroxylation is 1. The van der Waals surface area contributed by atoms with Crippen molar-refractivity contribution in [3.63, 3.8) is 0 Å². The molecular weight excluding hydrogens is 526 g/mol. The fourth-order valence-electron chi connectivity index (χ4n) is 5.82. The second-order valence-corrected chi connectivity index (χ2v) is 10.6. The van der Waals surface area contributed by atoms with Crippen LogP contribution in [0.25, 0.3) is 0 Å². The molecule has 0 radical (unpaired) electrons. The number of halogens is 2. The highest BCUT2D eigenvalue weighted by atomic mass is 19.1. The largest absolute Gasteiger partial charge is 0.496 e. The summed E-state index contributed by atoms with van der Waals surface area (Å²) in [6.07, 6.45) is 3.19. The van der Waals surface area contributed by atoms with E-state index >= 15 is 0 Å². The van der Waals surface area contributed by atoms with E-state index in [-0.39, 0.29) is 30.7 Å². The molecule has 2 aromatic carbocycles. The maximum Gasteiger partial charge on any atom is 0.237 e. The van der Waals surface area contributed by atoms with Gasteiger partial charge in [-0.15, -0.1) is 0 Å². The summed E-state index contributed by atoms with van der Waals surface area (Å²) < 4.78 is 33.0. The van der Waals surface area contributed by atoms with Crippen molar-refractivity contribution in [1.82, 2.24) is 15.2 Å². The molecule has 0 bridgehead atoms. The number of hydrogen-bond acceptors (Lipinski definition) is 6. The van der Waals surface area contributed by atoms with E-state index in [0.717, 1.165) is 28.1 Å². The van der Waals surface area contributed by atoms with Gasteiger partial charge in [0.2, 0.25) is 5.91 Å². The molecule has 0 unspecified atom stereocenters. The molecule has 5 rings (SSSR count). The topological polar surface area (TPSA) is 83.9 Å². The van der Waals surface area contributed by atoms with Crippen LogP contribution >= 0.6 is 0 Å². The number of pyridine rings is 1. The maximum absolute atomic E-state index is 14.8. The highest BCUT2D eigenvalue weighted by molar-refractivity contribution is 6.16. The molecule has 1 saturated heterocycles. The molecule has 0 aliphatic carbocycles. The minimum atomic E-state index is -0.662. The van der Waals surface area contributed by atoms with Gasteiger partial charge in [0.05, 0.1) is 25.4 Å². The maximum atomic E-state index is 14.8. The predicted molar refractivity (Wildman–Crippen MR) is 153 cm³/mol. The van der Waals surface area contributed by atoms with Crippen LogP contribution in [0.2, 0.25) is 0 Å². The molecule has 0 spiro atoms. The number of carbonyl (C=O) groups is 2. The number of methoxy groups -OCH3 is 1. The zero-order chi connectivity index (χ0) is 28.9. The predicted octanol–water partition coefficient (Wildman–Crippen LogP) is 4.83. The van der Waals surface area contributed by atoms with Crippen LogP contribution in [0.15, 0.2) is 59.7 Å². The molecule has 7 nitrogen and oxygen atoms in total. The van der Waals surface area contributed by atoms with Gasteiger partial charge < -0.3 is 10.1 Å². The van der Waals surface area contributed by atoms with Crippen molar-refractivity contribution in [3.05, 3.63) is 94.1 Å². The number of amides is 1. The Hall–Kier alpha value is -3.98. The van der Waals surface area contributed by atoms with Crippen LogP contribution < -0.4 is 10.1 Å². The Kier molecular flexibility index (Phi) is 8.83. The lowest BCUT2D eigenvalue weighted by Crippen LogP contribution is -2.51. The third kappa shape index (κ3) is 6.35. The summed E-state index contributed by atoms with van der Waals surface area (Å²) in [5.41, 5.74) is 5.75. The SMILES string of the molecule is COc1cccc(F)c1CN1C[C@H](CC(=O)c2ccc3c(c2)C(c2ccnc(C)c2)=NC3)CC[C@H]1C(=O)NCCF. The zero-order valence-electron chi connectivity index (χ0n) is 23.3. The Balaban J connectivity index is 1.33. The summed E-state index contributed by atoms with van der Waals surface area (Å²) in [6, 6.07) is 13.7. The molecule has 41 heavy (non-hydrogen) atoms. The molecule has 1 aromatic heterocycles. The van der Waals surface area contributed by atoms with Crippen molar-refractivity contribution in [2.24, 2.45) is 10.9 Å². The van der Waals surface area contributed by atoms with E-state index in [0.29, 0.717) is 49.2 Å². The molecule has 1 N–H and O–H groups in total. The van der Waals surface area contributed by atoms with Crippen molar-refractivity contribution in [2.45, 2.75) is 45.3 Å². The van der Waals surface area contributed by atoms with Crippen molar-refractivity contribution >= 4 is 17.4 Å². The molecule has 3 aromatic rings. The van der Waals surface area contributed by atoms with Crippen LogP contribution in [-0.2, 0) is 17.9 Å². The minimum absolute atomic E-state index is 0.0127. The number of rotatable bonds is 10. The first kappa shape index (κ1) is 28.5. The third-order valence-corrected chi connectivity index (χ3v) is 7.87. The highest BCUT2D eigenvalue weighted by Crippen LogP contribution is 2.31. The summed E-state index contributed by atoms with van der Waals surface area (Å²) in [7, 11) is 1.48. The number of ketones is 1. The molecule has 1 fully saturated rings. The molecule has 2 aliphatic heterocycles. The molecule has 2 aliphatic rings. The van der Waals surface area contributed by atoms with E-state index in [4.69, 9.17) is 9.73 Å². The van der Waals surface area contributed by atoms with Gasteiger partial charge in [-0.3, -0.25) is 24.5 Å². The Morgan fingerprint density at radius 3 is 2.78 bits per heavy atom. The average Bonchev–Trinajstić information content (AvgIpc) is 3.40. The summed E-state index contributed by atoms with van der Waals surface area (Å²) in [5.74, 6) is -0.343. The van der Waals surface area contributed by atoms with E-state index in [1.165, 1.54) is 13.2 Å². The average molecular weight is 561 g/mol. The number of nitrogens with zero attached hydrogens (tertiary/aromatic N) is 3.